The lowest BCUT2D eigenvalue weighted by atomic mass is 10.2. The lowest BCUT2D eigenvalue weighted by Gasteiger charge is -2.09. The number of sulfonamides is 1. The highest BCUT2D eigenvalue weighted by Crippen LogP contribution is 2.23. The molecule has 0 fully saturated rings. The third-order valence-electron chi connectivity index (χ3n) is 2.81. The Labute approximate surface area is 121 Å². The molecule has 0 saturated heterocycles. The summed E-state index contributed by atoms with van der Waals surface area (Å²) >= 11 is 0. The topological polar surface area (TPSA) is 110 Å². The van der Waals surface area contributed by atoms with Crippen LogP contribution in [-0.2, 0) is 10.0 Å². The van der Waals surface area contributed by atoms with Crippen molar-refractivity contribution < 1.29 is 18.4 Å². The Morgan fingerprint density at radius 3 is 2.29 bits per heavy atom. The van der Waals surface area contributed by atoms with Crippen LogP contribution in [0.2, 0.25) is 0 Å². The zero-order valence-electron chi connectivity index (χ0n) is 11.0. The molecule has 7 nitrogen and oxygen atoms in total. The summed E-state index contributed by atoms with van der Waals surface area (Å²) in [4.78, 5) is 9.85. The second-order valence-corrected chi connectivity index (χ2v) is 6.04. The normalized spacial score (nSPS) is 11.1. The van der Waals surface area contributed by atoms with E-state index in [0.717, 1.165) is 24.3 Å². The first-order valence-corrected chi connectivity index (χ1v) is 7.35. The van der Waals surface area contributed by atoms with Gasteiger partial charge in [0.2, 0.25) is 0 Å². The minimum atomic E-state index is -3.84. The summed E-state index contributed by atoms with van der Waals surface area (Å²) in [5.41, 5.74) is 0.636. The zero-order chi connectivity index (χ0) is 15.6. The first kappa shape index (κ1) is 14.8. The minimum Gasteiger partial charge on any atom is -0.508 e. The summed E-state index contributed by atoms with van der Waals surface area (Å²) in [5, 5.41) is 19.9. The maximum atomic E-state index is 12.1. The van der Waals surface area contributed by atoms with Gasteiger partial charge in [0.1, 0.15) is 5.75 Å². The van der Waals surface area contributed by atoms with Crippen molar-refractivity contribution in [2.75, 3.05) is 4.72 Å². The van der Waals surface area contributed by atoms with Crippen LogP contribution in [0, 0.1) is 17.0 Å². The Balaban J connectivity index is 2.29. The minimum absolute atomic E-state index is 0.0632. The molecule has 0 heterocycles. The van der Waals surface area contributed by atoms with E-state index in [4.69, 9.17) is 0 Å². The quantitative estimate of drug-likeness (QED) is 0.512. The maximum absolute atomic E-state index is 12.1. The number of nitrogens with zero attached hydrogens (tertiary/aromatic N) is 1. The number of hydrogen-bond donors (Lipinski definition) is 2. The molecule has 110 valence electrons. The van der Waals surface area contributed by atoms with Crippen molar-refractivity contribution in [1.82, 2.24) is 0 Å². The molecule has 0 aromatic heterocycles. The van der Waals surface area contributed by atoms with Crippen molar-refractivity contribution in [1.29, 1.82) is 0 Å². The third kappa shape index (κ3) is 3.29. The summed E-state index contributed by atoms with van der Waals surface area (Å²) in [7, 11) is -3.84. The van der Waals surface area contributed by atoms with Crippen molar-refractivity contribution in [2.24, 2.45) is 0 Å². The molecule has 0 spiro atoms. The van der Waals surface area contributed by atoms with Gasteiger partial charge in [-0.15, -0.1) is 0 Å². The summed E-state index contributed by atoms with van der Waals surface area (Å²) in [6.07, 6.45) is 0. The van der Waals surface area contributed by atoms with Crippen molar-refractivity contribution in [3.63, 3.8) is 0 Å². The fourth-order valence-electron chi connectivity index (χ4n) is 1.68. The van der Waals surface area contributed by atoms with Crippen molar-refractivity contribution in [2.45, 2.75) is 11.8 Å². The van der Waals surface area contributed by atoms with Gasteiger partial charge in [-0.2, -0.15) is 0 Å². The van der Waals surface area contributed by atoms with Crippen LogP contribution < -0.4 is 4.72 Å². The van der Waals surface area contributed by atoms with E-state index in [1.165, 1.54) is 18.2 Å². The van der Waals surface area contributed by atoms with Crippen LogP contribution in [0.15, 0.2) is 47.4 Å². The predicted octanol–water partition coefficient (Wildman–Crippen LogP) is 2.41. The summed E-state index contributed by atoms with van der Waals surface area (Å²) < 4.78 is 26.6. The van der Waals surface area contributed by atoms with E-state index < -0.39 is 14.9 Å². The Kier molecular flexibility index (Phi) is 3.81. The van der Waals surface area contributed by atoms with E-state index in [-0.39, 0.29) is 16.3 Å². The lowest BCUT2D eigenvalue weighted by molar-refractivity contribution is -0.384. The summed E-state index contributed by atoms with van der Waals surface area (Å²) in [5.74, 6) is 0.0632. The molecule has 0 aliphatic carbocycles. The van der Waals surface area contributed by atoms with Gasteiger partial charge >= 0.3 is 0 Å². The van der Waals surface area contributed by atoms with E-state index in [1.54, 1.807) is 6.92 Å². The first-order chi connectivity index (χ1) is 9.79. The van der Waals surface area contributed by atoms with E-state index in [9.17, 15) is 23.6 Å². The Morgan fingerprint density at radius 1 is 1.14 bits per heavy atom. The molecule has 0 aliphatic heterocycles. The number of non-ortho nitro benzene ring substituents is 1. The molecule has 0 saturated carbocycles. The zero-order valence-corrected chi connectivity index (χ0v) is 11.8. The van der Waals surface area contributed by atoms with Crippen LogP contribution in [0.4, 0.5) is 11.4 Å². The molecule has 0 unspecified atom stereocenters. The fraction of sp³-hybridized carbons (Fsp3) is 0.0769. The highest BCUT2D eigenvalue weighted by molar-refractivity contribution is 7.92. The molecule has 21 heavy (non-hydrogen) atoms. The molecule has 2 aromatic carbocycles. The largest absolute Gasteiger partial charge is 0.508 e. The summed E-state index contributed by atoms with van der Waals surface area (Å²) in [6, 6.07) is 8.85. The van der Waals surface area contributed by atoms with Gasteiger partial charge in [-0.05, 0) is 42.8 Å². The average molecular weight is 308 g/mol. The van der Waals surface area contributed by atoms with Gasteiger partial charge in [-0.25, -0.2) is 8.42 Å². The van der Waals surface area contributed by atoms with E-state index >= 15 is 0 Å². The molecular weight excluding hydrogens is 296 g/mol. The number of phenols is 1. The van der Waals surface area contributed by atoms with Crippen LogP contribution in [0.5, 0.6) is 5.75 Å². The molecule has 0 bridgehead atoms. The maximum Gasteiger partial charge on any atom is 0.269 e. The SMILES string of the molecule is Cc1cc(NS(=O)(=O)c2ccc([N+](=O)[O-])cc2)ccc1O. The van der Waals surface area contributed by atoms with Gasteiger partial charge in [0.15, 0.2) is 0 Å². The Morgan fingerprint density at radius 2 is 1.76 bits per heavy atom. The highest BCUT2D eigenvalue weighted by Gasteiger charge is 2.16. The molecule has 8 heteroatoms. The fourth-order valence-corrected chi connectivity index (χ4v) is 2.73. The van der Waals surface area contributed by atoms with Gasteiger partial charge in [0, 0.05) is 17.8 Å². The molecule has 2 N–H and O–H groups in total. The number of anilines is 1. The Hall–Kier alpha value is -2.61. The van der Waals surface area contributed by atoms with Crippen LogP contribution in [0.3, 0.4) is 0 Å². The number of aromatic hydroxyl groups is 1. The number of nitro benzene ring substituents is 1. The molecule has 0 amide bonds. The van der Waals surface area contributed by atoms with E-state index in [0.29, 0.717) is 11.3 Å². The molecule has 0 radical (unpaired) electrons. The van der Waals surface area contributed by atoms with E-state index in [2.05, 4.69) is 4.72 Å². The van der Waals surface area contributed by atoms with E-state index in [1.807, 2.05) is 0 Å². The van der Waals surface area contributed by atoms with Crippen molar-refractivity contribution >= 4 is 21.4 Å². The number of aryl methyl sites for hydroxylation is 1. The monoisotopic (exact) mass is 308 g/mol. The first-order valence-electron chi connectivity index (χ1n) is 5.86. The average Bonchev–Trinajstić information content (AvgIpc) is 2.43. The second-order valence-electron chi connectivity index (χ2n) is 4.36. The molecule has 0 aliphatic rings. The van der Waals surface area contributed by atoms with Crippen LogP contribution in [0.25, 0.3) is 0 Å². The lowest BCUT2D eigenvalue weighted by Crippen LogP contribution is -2.13. The number of benzene rings is 2. The second kappa shape index (κ2) is 5.41. The standard InChI is InChI=1S/C13H12N2O5S/c1-9-8-10(2-7-13(9)16)14-21(19,20)12-5-3-11(4-6-12)15(17)18/h2-8,14,16H,1H3. The molecule has 2 rings (SSSR count). The number of phenolic OH excluding ortho intramolecular Hbond substituents is 1. The smallest absolute Gasteiger partial charge is 0.269 e. The van der Waals surface area contributed by atoms with Gasteiger partial charge in [-0.3, -0.25) is 14.8 Å². The number of nitrogens with one attached hydrogen (secondary N) is 1. The number of nitro groups is 1. The van der Waals surface area contributed by atoms with Crippen LogP contribution >= 0.6 is 0 Å². The summed E-state index contributed by atoms with van der Waals surface area (Å²) in [6.45, 7) is 1.64. The van der Waals surface area contributed by atoms with Crippen molar-refractivity contribution in [3.05, 3.63) is 58.1 Å². The number of hydrogen-bond acceptors (Lipinski definition) is 5. The van der Waals surface area contributed by atoms with Gasteiger partial charge in [0.05, 0.1) is 9.82 Å². The number of rotatable bonds is 4. The van der Waals surface area contributed by atoms with Crippen molar-refractivity contribution in [3.8, 4) is 5.75 Å². The van der Waals surface area contributed by atoms with Gasteiger partial charge < -0.3 is 5.11 Å². The highest BCUT2D eigenvalue weighted by atomic mass is 32.2. The van der Waals surface area contributed by atoms with Gasteiger partial charge in [0.25, 0.3) is 15.7 Å². The van der Waals surface area contributed by atoms with Crippen LogP contribution in [-0.4, -0.2) is 18.4 Å². The Bertz CT molecular complexity index is 785. The molecule has 0 atom stereocenters. The third-order valence-corrected chi connectivity index (χ3v) is 4.20. The van der Waals surface area contributed by atoms with Crippen LogP contribution in [0.1, 0.15) is 5.56 Å². The molecule has 2 aromatic rings. The molecular formula is C13H12N2O5S. The predicted molar refractivity (Wildman–Crippen MR) is 76.7 cm³/mol. The van der Waals surface area contributed by atoms with Gasteiger partial charge in [-0.1, -0.05) is 0 Å².